The van der Waals surface area contributed by atoms with Gasteiger partial charge in [0.05, 0.1) is 25.6 Å². The molecule has 1 aromatic heterocycles. The molecular weight excluding hydrogens is 198 g/mol. The van der Waals surface area contributed by atoms with Crippen LogP contribution in [-0.2, 0) is 9.47 Å². The highest BCUT2D eigenvalue weighted by molar-refractivity contribution is 5.17. The fourth-order valence-electron chi connectivity index (χ4n) is 0.759. The zero-order chi connectivity index (χ0) is 10.9. The molecule has 0 aromatic carbocycles. The maximum Gasteiger partial charge on any atom is 0.232 e. The number of hydrogen-bond acceptors (Lipinski definition) is 6. The zero-order valence-electron chi connectivity index (χ0n) is 8.34. The lowest BCUT2D eigenvalue weighted by Gasteiger charge is -2.05. The van der Waals surface area contributed by atoms with Crippen molar-refractivity contribution in [1.29, 1.82) is 5.26 Å². The topological polar surface area (TPSA) is 77.3 Å². The van der Waals surface area contributed by atoms with Crippen LogP contribution in [0.2, 0.25) is 0 Å². The predicted molar refractivity (Wildman–Crippen MR) is 50.1 cm³/mol. The normalized spacial score (nSPS) is 9.60. The minimum absolute atomic E-state index is 0.110. The van der Waals surface area contributed by atoms with Crippen LogP contribution < -0.4 is 4.74 Å². The Bertz CT molecular complexity index is 320. The van der Waals surface area contributed by atoms with Gasteiger partial charge in [-0.2, -0.15) is 5.26 Å². The molecule has 80 valence electrons. The molecule has 0 aliphatic rings. The number of nitriles is 1. The summed E-state index contributed by atoms with van der Waals surface area (Å²) in [5.74, 6) is 0.578. The van der Waals surface area contributed by atoms with E-state index < -0.39 is 0 Å². The van der Waals surface area contributed by atoms with E-state index in [9.17, 15) is 0 Å². The monoisotopic (exact) mass is 209 g/mol. The van der Waals surface area contributed by atoms with E-state index in [2.05, 4.69) is 9.97 Å². The van der Waals surface area contributed by atoms with Gasteiger partial charge in [-0.1, -0.05) is 0 Å². The van der Waals surface area contributed by atoms with E-state index in [4.69, 9.17) is 19.5 Å². The van der Waals surface area contributed by atoms with Crippen molar-refractivity contribution in [2.45, 2.75) is 0 Å². The molecule has 0 radical (unpaired) electrons. The van der Waals surface area contributed by atoms with E-state index in [1.165, 1.54) is 12.4 Å². The predicted octanol–water partition coefficient (Wildman–Crippen LogP) is 0.348. The molecule has 1 aromatic rings. The van der Waals surface area contributed by atoms with Crippen molar-refractivity contribution in [2.24, 2.45) is 0 Å². The van der Waals surface area contributed by atoms with Gasteiger partial charge in [0, 0.05) is 7.11 Å². The Morgan fingerprint density at radius 3 is 2.67 bits per heavy atom. The van der Waals surface area contributed by atoms with Crippen molar-refractivity contribution in [1.82, 2.24) is 9.97 Å². The molecule has 6 nitrogen and oxygen atoms in total. The molecule has 0 N–H and O–H groups in total. The summed E-state index contributed by atoms with van der Waals surface area (Å²) >= 11 is 0. The molecule has 0 amide bonds. The molecule has 0 atom stereocenters. The Kier molecular flexibility index (Phi) is 5.08. The number of nitrogens with zero attached hydrogens (tertiary/aromatic N) is 3. The Hall–Kier alpha value is -1.71. The molecule has 0 spiro atoms. The summed E-state index contributed by atoms with van der Waals surface area (Å²) in [6, 6.07) is 1.81. The van der Waals surface area contributed by atoms with E-state index in [-0.39, 0.29) is 12.6 Å². The number of rotatable bonds is 6. The highest BCUT2D eigenvalue weighted by Crippen LogP contribution is 2.05. The highest BCUT2D eigenvalue weighted by atomic mass is 16.7. The molecule has 0 bridgehead atoms. The van der Waals surface area contributed by atoms with Crippen molar-refractivity contribution in [3.05, 3.63) is 18.2 Å². The molecule has 0 aliphatic carbocycles. The second-order valence-corrected chi connectivity index (χ2v) is 2.52. The molecule has 1 rings (SSSR count). The summed E-state index contributed by atoms with van der Waals surface area (Å²) in [7, 11) is 1.60. The summed E-state index contributed by atoms with van der Waals surface area (Å²) in [5.41, 5.74) is 0. The van der Waals surface area contributed by atoms with E-state index in [0.29, 0.717) is 19.0 Å². The Morgan fingerprint density at radius 1 is 1.33 bits per heavy atom. The molecule has 0 fully saturated rings. The number of ether oxygens (including phenoxy) is 3. The van der Waals surface area contributed by atoms with Gasteiger partial charge in [0.15, 0.2) is 12.5 Å². The van der Waals surface area contributed by atoms with Crippen LogP contribution in [0.5, 0.6) is 5.75 Å². The molecule has 0 saturated heterocycles. The summed E-state index contributed by atoms with van der Waals surface area (Å²) in [6.07, 6.45) is 2.84. The molecule has 15 heavy (non-hydrogen) atoms. The van der Waals surface area contributed by atoms with Crippen molar-refractivity contribution >= 4 is 0 Å². The second-order valence-electron chi connectivity index (χ2n) is 2.52. The largest absolute Gasteiger partial charge is 0.464 e. The summed E-state index contributed by atoms with van der Waals surface area (Å²) in [6.45, 7) is 1.10. The SMILES string of the molecule is COCCOCOc1cnc(C#N)nc1. The van der Waals surface area contributed by atoms with Crippen LogP contribution in [0.25, 0.3) is 0 Å². The van der Waals surface area contributed by atoms with Crippen LogP contribution >= 0.6 is 0 Å². The standard InChI is InChI=1S/C9H11N3O3/c1-13-2-3-14-7-15-8-5-11-9(4-10)12-6-8/h5-6H,2-3,7H2,1H3. The lowest BCUT2D eigenvalue weighted by atomic mass is 10.5. The second kappa shape index (κ2) is 6.70. The summed E-state index contributed by atoms with van der Waals surface area (Å²) < 4.78 is 15.0. The minimum atomic E-state index is 0.110. The van der Waals surface area contributed by atoms with Gasteiger partial charge < -0.3 is 14.2 Å². The van der Waals surface area contributed by atoms with E-state index in [1.54, 1.807) is 7.11 Å². The summed E-state index contributed by atoms with van der Waals surface area (Å²) in [5, 5.41) is 8.45. The average molecular weight is 209 g/mol. The third-order valence-electron chi connectivity index (χ3n) is 1.47. The lowest BCUT2D eigenvalue weighted by molar-refractivity contribution is -0.00879. The first kappa shape index (κ1) is 11.4. The minimum Gasteiger partial charge on any atom is -0.464 e. The third kappa shape index (κ3) is 4.35. The fraction of sp³-hybridized carbons (Fsp3) is 0.444. The smallest absolute Gasteiger partial charge is 0.232 e. The van der Waals surface area contributed by atoms with Gasteiger partial charge in [-0.3, -0.25) is 0 Å². The molecule has 6 heteroatoms. The van der Waals surface area contributed by atoms with Gasteiger partial charge >= 0.3 is 0 Å². The van der Waals surface area contributed by atoms with Gasteiger partial charge in [-0.05, 0) is 0 Å². The molecule has 0 saturated carbocycles. The number of methoxy groups -OCH3 is 1. The molecule has 1 heterocycles. The Balaban J connectivity index is 2.23. The van der Waals surface area contributed by atoms with Gasteiger partial charge in [-0.25, -0.2) is 9.97 Å². The van der Waals surface area contributed by atoms with Gasteiger partial charge in [0.25, 0.3) is 0 Å². The molecule has 0 unspecified atom stereocenters. The van der Waals surface area contributed by atoms with Crippen LogP contribution in [0.15, 0.2) is 12.4 Å². The Morgan fingerprint density at radius 2 is 2.07 bits per heavy atom. The molecule has 0 aliphatic heterocycles. The molecular formula is C9H11N3O3. The van der Waals surface area contributed by atoms with Gasteiger partial charge in [0.1, 0.15) is 6.07 Å². The summed E-state index contributed by atoms with van der Waals surface area (Å²) in [4.78, 5) is 7.47. The van der Waals surface area contributed by atoms with Crippen LogP contribution in [0.4, 0.5) is 0 Å². The van der Waals surface area contributed by atoms with Gasteiger partial charge in [0.2, 0.25) is 5.82 Å². The maximum atomic E-state index is 8.45. The number of aromatic nitrogens is 2. The number of hydrogen-bond donors (Lipinski definition) is 0. The average Bonchev–Trinajstić information content (AvgIpc) is 2.30. The van der Waals surface area contributed by atoms with Crippen molar-refractivity contribution in [3.63, 3.8) is 0 Å². The van der Waals surface area contributed by atoms with Crippen molar-refractivity contribution in [2.75, 3.05) is 27.1 Å². The van der Waals surface area contributed by atoms with E-state index in [1.807, 2.05) is 6.07 Å². The first-order valence-electron chi connectivity index (χ1n) is 4.28. The van der Waals surface area contributed by atoms with Crippen LogP contribution in [0.1, 0.15) is 5.82 Å². The van der Waals surface area contributed by atoms with Crippen molar-refractivity contribution < 1.29 is 14.2 Å². The van der Waals surface area contributed by atoms with E-state index >= 15 is 0 Å². The zero-order valence-corrected chi connectivity index (χ0v) is 8.34. The van der Waals surface area contributed by atoms with Crippen LogP contribution in [0, 0.1) is 11.3 Å². The quantitative estimate of drug-likeness (QED) is 0.497. The maximum absolute atomic E-state index is 8.45. The Labute approximate surface area is 87.4 Å². The van der Waals surface area contributed by atoms with E-state index in [0.717, 1.165) is 0 Å². The fourth-order valence-corrected chi connectivity index (χ4v) is 0.759. The van der Waals surface area contributed by atoms with Gasteiger partial charge in [-0.15, -0.1) is 0 Å². The lowest BCUT2D eigenvalue weighted by Crippen LogP contribution is -2.08. The highest BCUT2D eigenvalue weighted by Gasteiger charge is 1.96. The van der Waals surface area contributed by atoms with Crippen LogP contribution in [-0.4, -0.2) is 37.1 Å². The van der Waals surface area contributed by atoms with Crippen molar-refractivity contribution in [3.8, 4) is 11.8 Å². The third-order valence-corrected chi connectivity index (χ3v) is 1.47. The first-order valence-corrected chi connectivity index (χ1v) is 4.28. The van der Waals surface area contributed by atoms with Crippen LogP contribution in [0.3, 0.4) is 0 Å². The first-order chi connectivity index (χ1) is 7.36.